The summed E-state index contributed by atoms with van der Waals surface area (Å²) in [7, 11) is 1.15. The standard InChI is InChI=1S/C92H152NO8P/c1-6-8-10-12-14-16-18-20-22-24-26-28-30-32-34-36-38-40-42-44-45-46-47-49-51-53-55-57-59-61-63-65-67-69-71-73-75-77-79-81-83-85-92(95)101-90(89-100-102(96,97)99-87-86-93(3,4)5)88-98-91(94)84-82-80-78-76-74-72-70-68-66-64-62-60-58-56-54-52-50-48-43-41-39-37-35-33-31-29-27-25-23-21-19-17-15-13-11-9-7-2/h8-11,14-17,20-23,26-29,32-35,38-41,44-45,47,49,53,55,59,61,90H,6-7,12-13,18-19,24-25,30-31,36-37,42-43,46,48,50-52,54,56-58,60,62-89H2,1-5H3/b10-8-,11-9-,16-14-,17-15-,22-20-,23-21-,28-26-,29-27-,34-32-,35-33-,40-38-,41-39-,45-44-,49-47-,55-53-,61-59-. The van der Waals surface area contributed by atoms with Crippen LogP contribution in [0.5, 0.6) is 0 Å². The number of likely N-dealkylation sites (N-methyl/N-ethyl adjacent to an activating group) is 1. The second-order valence-corrected chi connectivity index (χ2v) is 29.4. The van der Waals surface area contributed by atoms with Crippen molar-refractivity contribution in [3.05, 3.63) is 194 Å². The molecule has 0 aromatic rings. The van der Waals surface area contributed by atoms with Crippen LogP contribution in [0.1, 0.15) is 322 Å². The Morgan fingerprint density at radius 1 is 0.304 bits per heavy atom. The number of nitrogens with zero attached hydrogens (tertiary/aromatic N) is 1. The van der Waals surface area contributed by atoms with Gasteiger partial charge in [-0.15, -0.1) is 0 Å². The maximum atomic E-state index is 12.9. The van der Waals surface area contributed by atoms with Gasteiger partial charge in [0.25, 0.3) is 7.82 Å². The molecule has 0 fully saturated rings. The van der Waals surface area contributed by atoms with Gasteiger partial charge in [-0.3, -0.25) is 14.2 Å². The van der Waals surface area contributed by atoms with E-state index < -0.39 is 26.5 Å². The van der Waals surface area contributed by atoms with Crippen LogP contribution in [-0.4, -0.2) is 70.0 Å². The van der Waals surface area contributed by atoms with Crippen LogP contribution in [0.2, 0.25) is 0 Å². The molecule has 0 saturated heterocycles. The maximum Gasteiger partial charge on any atom is 0.306 e. The number of phosphoric ester groups is 1. The number of esters is 2. The highest BCUT2D eigenvalue weighted by Gasteiger charge is 2.22. The monoisotopic (exact) mass is 1430 g/mol. The molecule has 0 rings (SSSR count). The van der Waals surface area contributed by atoms with Gasteiger partial charge in [-0.05, 0) is 141 Å². The summed E-state index contributed by atoms with van der Waals surface area (Å²) in [6.07, 6.45) is 124. The maximum absolute atomic E-state index is 12.9. The van der Waals surface area contributed by atoms with Crippen LogP contribution in [0.15, 0.2) is 194 Å². The van der Waals surface area contributed by atoms with Gasteiger partial charge in [0.1, 0.15) is 19.8 Å². The Bertz CT molecular complexity index is 2440. The SMILES string of the molecule is CC/C=C\C/C=C\C/C=C\C/C=C\C/C=C\C/C=C\C/C=C\C/C=C\C/C=C\C/C=C\CCCCCCCCCCCCC(=O)OC(COC(=O)CCCCCCCCCCCCCCCCCCCC/C=C\C/C=C\C/C=C\C/C=C\C/C=C\C/C=C\CC)COP(=O)([O-])OCC[N+](C)(C)C. The molecule has 0 aromatic carbocycles. The lowest BCUT2D eigenvalue weighted by Crippen LogP contribution is -2.37. The van der Waals surface area contributed by atoms with Crippen molar-refractivity contribution in [1.29, 1.82) is 0 Å². The lowest BCUT2D eigenvalue weighted by molar-refractivity contribution is -0.870. The van der Waals surface area contributed by atoms with Crippen molar-refractivity contribution in [2.24, 2.45) is 0 Å². The van der Waals surface area contributed by atoms with Crippen molar-refractivity contribution < 1.29 is 42.1 Å². The first-order chi connectivity index (χ1) is 50.0. The smallest absolute Gasteiger partial charge is 0.306 e. The fourth-order valence-electron chi connectivity index (χ4n) is 10.9. The molecule has 2 atom stereocenters. The lowest BCUT2D eigenvalue weighted by atomic mass is 10.0. The molecule has 0 spiro atoms. The molecule has 0 aromatic heterocycles. The van der Waals surface area contributed by atoms with E-state index in [1.165, 1.54) is 141 Å². The third-order valence-electron chi connectivity index (χ3n) is 17.1. The predicted octanol–water partition coefficient (Wildman–Crippen LogP) is 27.3. The highest BCUT2D eigenvalue weighted by molar-refractivity contribution is 7.45. The summed E-state index contributed by atoms with van der Waals surface area (Å²) >= 11 is 0. The molecule has 9 nitrogen and oxygen atoms in total. The molecule has 0 aliphatic rings. The van der Waals surface area contributed by atoms with Gasteiger partial charge in [-0.1, -0.05) is 362 Å². The Morgan fingerprint density at radius 3 is 0.784 bits per heavy atom. The summed E-state index contributed by atoms with van der Waals surface area (Å²) in [5.41, 5.74) is 0. The number of hydrogen-bond acceptors (Lipinski definition) is 8. The number of phosphoric acid groups is 1. The van der Waals surface area contributed by atoms with E-state index in [1.54, 1.807) is 0 Å². The van der Waals surface area contributed by atoms with E-state index in [1.807, 2.05) is 21.1 Å². The van der Waals surface area contributed by atoms with E-state index in [2.05, 4.69) is 208 Å². The van der Waals surface area contributed by atoms with Crippen LogP contribution in [0.4, 0.5) is 0 Å². The van der Waals surface area contributed by atoms with E-state index in [9.17, 15) is 19.0 Å². The van der Waals surface area contributed by atoms with Gasteiger partial charge in [0.05, 0.1) is 27.7 Å². The lowest BCUT2D eigenvalue weighted by Gasteiger charge is -2.28. The summed E-state index contributed by atoms with van der Waals surface area (Å²) in [6, 6.07) is 0. The fourth-order valence-corrected chi connectivity index (χ4v) is 11.7. The molecule has 102 heavy (non-hydrogen) atoms. The Labute approximate surface area is 628 Å². The van der Waals surface area contributed by atoms with Crippen molar-refractivity contribution in [2.45, 2.75) is 328 Å². The van der Waals surface area contributed by atoms with Gasteiger partial charge in [0.2, 0.25) is 0 Å². The third kappa shape index (κ3) is 83.8. The number of allylic oxidation sites excluding steroid dienone is 32. The van der Waals surface area contributed by atoms with Crippen molar-refractivity contribution in [3.63, 3.8) is 0 Å². The number of carbonyl (C=O) groups is 2. The first-order valence-corrected chi connectivity index (χ1v) is 42.6. The van der Waals surface area contributed by atoms with Crippen LogP contribution in [0.3, 0.4) is 0 Å². The van der Waals surface area contributed by atoms with Crippen molar-refractivity contribution >= 4 is 19.8 Å². The Morgan fingerprint density at radius 2 is 0.529 bits per heavy atom. The van der Waals surface area contributed by atoms with Gasteiger partial charge < -0.3 is 27.9 Å². The summed E-state index contributed by atoms with van der Waals surface area (Å²) in [5.74, 6) is -0.839. The Hall–Kier alpha value is -5.15. The highest BCUT2D eigenvalue weighted by atomic mass is 31.2. The van der Waals surface area contributed by atoms with Crippen LogP contribution < -0.4 is 4.89 Å². The minimum atomic E-state index is -4.66. The minimum Gasteiger partial charge on any atom is -0.756 e. The summed E-state index contributed by atoms with van der Waals surface area (Å²) < 4.78 is 34.4. The van der Waals surface area contributed by atoms with Gasteiger partial charge in [-0.25, -0.2) is 0 Å². The van der Waals surface area contributed by atoms with E-state index in [0.29, 0.717) is 17.4 Å². The molecule has 578 valence electrons. The summed E-state index contributed by atoms with van der Waals surface area (Å²) in [6.45, 7) is 4.01. The van der Waals surface area contributed by atoms with Gasteiger partial charge in [0.15, 0.2) is 6.10 Å². The van der Waals surface area contributed by atoms with Crippen LogP contribution >= 0.6 is 7.82 Å². The molecular formula is C92H152NO8P. The minimum absolute atomic E-state index is 0.0389. The molecule has 0 heterocycles. The number of carbonyl (C=O) groups excluding carboxylic acids is 2. The molecule has 10 heteroatoms. The average Bonchev–Trinajstić information content (AvgIpc) is 0.916. The molecule has 0 saturated carbocycles. The molecular weight excluding hydrogens is 1280 g/mol. The van der Waals surface area contributed by atoms with Gasteiger partial charge in [-0.2, -0.15) is 0 Å². The van der Waals surface area contributed by atoms with Gasteiger partial charge in [0, 0.05) is 12.8 Å². The average molecular weight is 1430 g/mol. The third-order valence-corrected chi connectivity index (χ3v) is 18.1. The first kappa shape index (κ1) is 96.8. The van der Waals surface area contributed by atoms with E-state index in [4.69, 9.17) is 18.5 Å². The van der Waals surface area contributed by atoms with Crippen LogP contribution in [-0.2, 0) is 32.7 Å². The molecule has 0 aliphatic heterocycles. The van der Waals surface area contributed by atoms with E-state index in [0.717, 1.165) is 148 Å². The molecule has 0 bridgehead atoms. The van der Waals surface area contributed by atoms with Crippen molar-refractivity contribution in [3.8, 4) is 0 Å². The highest BCUT2D eigenvalue weighted by Crippen LogP contribution is 2.38. The Kier molecular flexibility index (Phi) is 75.9. The second-order valence-electron chi connectivity index (χ2n) is 28.0. The molecule has 0 radical (unpaired) electrons. The zero-order valence-corrected chi connectivity index (χ0v) is 66.9. The molecule has 0 N–H and O–H groups in total. The van der Waals surface area contributed by atoms with E-state index >= 15 is 0 Å². The fraction of sp³-hybridized carbons (Fsp3) is 0.630. The zero-order chi connectivity index (χ0) is 74.0. The quantitative estimate of drug-likeness (QED) is 0.0195. The van der Waals surface area contributed by atoms with Crippen molar-refractivity contribution in [2.75, 3.05) is 47.5 Å². The second kappa shape index (κ2) is 80.0. The van der Waals surface area contributed by atoms with Gasteiger partial charge >= 0.3 is 11.9 Å². The molecule has 2 unspecified atom stereocenters. The zero-order valence-electron chi connectivity index (χ0n) is 66.0. The van der Waals surface area contributed by atoms with Crippen LogP contribution in [0.25, 0.3) is 0 Å². The molecule has 0 aliphatic carbocycles. The normalized spacial score (nSPS) is 14.1. The topological polar surface area (TPSA) is 111 Å². The number of rotatable bonds is 74. The predicted molar refractivity (Wildman–Crippen MR) is 442 cm³/mol. The molecule has 0 amide bonds. The summed E-state index contributed by atoms with van der Waals surface area (Å²) in [4.78, 5) is 38.2. The largest absolute Gasteiger partial charge is 0.756 e. The number of quaternary nitrogens is 1. The number of hydrogen-bond donors (Lipinski definition) is 0. The van der Waals surface area contributed by atoms with E-state index in [-0.39, 0.29) is 32.0 Å². The number of ether oxygens (including phenoxy) is 2. The Balaban J connectivity index is 4.03. The number of unbranched alkanes of at least 4 members (excludes halogenated alkanes) is 28. The van der Waals surface area contributed by atoms with Crippen LogP contribution in [0, 0.1) is 0 Å². The van der Waals surface area contributed by atoms with Crippen molar-refractivity contribution in [1.82, 2.24) is 0 Å². The summed E-state index contributed by atoms with van der Waals surface area (Å²) in [5, 5.41) is 0. The first-order valence-electron chi connectivity index (χ1n) is 41.1.